The Morgan fingerprint density at radius 3 is 1.09 bits per heavy atom. The van der Waals surface area contributed by atoms with Crippen molar-refractivity contribution in [2.24, 2.45) is 11.5 Å². The third kappa shape index (κ3) is 65.6. The minimum atomic E-state index is -0.920. The number of rotatable bonds is 56. The van der Waals surface area contributed by atoms with Crippen molar-refractivity contribution < 1.29 is 101 Å². The summed E-state index contributed by atoms with van der Waals surface area (Å²) in [6.45, 7) is 9.03. The van der Waals surface area contributed by atoms with Crippen molar-refractivity contribution in [1.82, 2.24) is 16.0 Å². The first kappa shape index (κ1) is 96.6. The van der Waals surface area contributed by atoms with Crippen LogP contribution in [0.4, 0.5) is 10.5 Å². The van der Waals surface area contributed by atoms with Crippen LogP contribution in [0.25, 0.3) is 0 Å². The van der Waals surface area contributed by atoms with Gasteiger partial charge in [0, 0.05) is 108 Å². The number of aliphatic hydroxyl groups is 2. The number of nitro benzene ring substituents is 1. The molecule has 586 valence electrons. The number of amides is 3. The molecule has 4 aliphatic heterocycles. The number of nitro groups is 1. The highest BCUT2D eigenvalue weighted by Gasteiger charge is 2.19. The van der Waals surface area contributed by atoms with Gasteiger partial charge in [-0.25, -0.2) is 4.79 Å². The lowest BCUT2D eigenvalue weighted by molar-refractivity contribution is -0.384. The predicted octanol–water partition coefficient (Wildman–Crippen LogP) is 8.92. The monoisotopic (exact) mass is 1590 g/mol. The maximum absolute atomic E-state index is 11.8. The molecule has 101 heavy (non-hydrogen) atoms. The number of non-ortho nitro benzene ring substituents is 1. The van der Waals surface area contributed by atoms with Gasteiger partial charge in [0.05, 0.1) is 130 Å². The van der Waals surface area contributed by atoms with Gasteiger partial charge in [0.15, 0.2) is 0 Å². The summed E-state index contributed by atoms with van der Waals surface area (Å²) in [5, 5.41) is 47.5. The van der Waals surface area contributed by atoms with Crippen LogP contribution in [0.15, 0.2) is 24.3 Å². The van der Waals surface area contributed by atoms with E-state index in [1.54, 1.807) is 0 Å². The van der Waals surface area contributed by atoms with Gasteiger partial charge in [0.2, 0.25) is 17.7 Å². The highest BCUT2D eigenvalue weighted by atomic mass is 33.1. The van der Waals surface area contributed by atoms with Crippen LogP contribution in [0.3, 0.4) is 0 Å². The molecule has 3 amide bonds. The lowest BCUT2D eigenvalue weighted by Gasteiger charge is -2.09. The predicted molar refractivity (Wildman–Crippen MR) is 409 cm³/mol. The highest BCUT2D eigenvalue weighted by Crippen LogP contribution is 2.42. The zero-order valence-electron chi connectivity index (χ0n) is 58.7. The number of benzene rings is 1. The normalized spacial score (nSPS) is 16.6. The van der Waals surface area contributed by atoms with E-state index in [0.717, 1.165) is 72.4 Å². The number of aliphatic hydroxyl groups excluding tert-OH is 2. The lowest BCUT2D eigenvalue weighted by Crippen LogP contribution is -2.27. The van der Waals surface area contributed by atoms with E-state index in [-0.39, 0.29) is 68.7 Å². The number of unbranched alkanes of at least 4 members (excludes halogenated alkanes) is 4. The van der Waals surface area contributed by atoms with Crippen molar-refractivity contribution in [3.05, 3.63) is 34.4 Å². The molecule has 4 aliphatic rings. The van der Waals surface area contributed by atoms with Crippen molar-refractivity contribution in [2.75, 3.05) is 188 Å². The Hall–Kier alpha value is -2.44. The van der Waals surface area contributed by atoms with E-state index in [0.29, 0.717) is 151 Å². The molecule has 4 heterocycles. The van der Waals surface area contributed by atoms with E-state index in [1.165, 1.54) is 98.6 Å². The summed E-state index contributed by atoms with van der Waals surface area (Å²) < 4.78 is 56.0. The van der Waals surface area contributed by atoms with E-state index >= 15 is 0 Å². The largest absolute Gasteiger partial charge is 0.513 e. The fourth-order valence-corrected chi connectivity index (χ4v) is 20.8. The second-order valence-electron chi connectivity index (χ2n) is 22.3. The molecule has 28 nitrogen and oxygen atoms in total. The first-order valence-corrected chi connectivity index (χ1v) is 44.5. The van der Waals surface area contributed by atoms with Gasteiger partial charge >= 0.3 is 18.1 Å². The molecule has 10 N–H and O–H groups in total. The fourth-order valence-electron chi connectivity index (χ4n) is 8.65. The molecule has 0 spiro atoms. The SMILES string of the molecule is NCC(=O)OCCOCCOCCNC(=O)CCCCC1CCSS1.NCCOCCOCCO.O=C(CCCCC1CCSS1)NCCOCCOCCO.O=C(CCCCC1CCSS1)NCCOCCOCCOC(=O)Oc1ccc([N+](=O)[O-])cc1.O=C(O)CCCCC1CCSS1. The van der Waals surface area contributed by atoms with Gasteiger partial charge in [-0.3, -0.25) is 34.1 Å². The van der Waals surface area contributed by atoms with Gasteiger partial charge in [-0.1, -0.05) is 112 Å². The number of aliphatic carboxylic acids is 1. The third-order valence-electron chi connectivity index (χ3n) is 13.9. The van der Waals surface area contributed by atoms with Crippen LogP contribution in [0.2, 0.25) is 0 Å². The van der Waals surface area contributed by atoms with Crippen molar-refractivity contribution in [2.45, 2.75) is 149 Å². The number of carboxylic acid groups (broad SMARTS) is 1. The van der Waals surface area contributed by atoms with Crippen molar-refractivity contribution >= 4 is 128 Å². The number of nitrogens with one attached hydrogen (secondary N) is 3. The first-order chi connectivity index (χ1) is 49.3. The average Bonchev–Trinajstić information content (AvgIpc) is 2.01. The number of carbonyl (C=O) groups excluding carboxylic acids is 5. The van der Waals surface area contributed by atoms with E-state index in [4.69, 9.17) is 78.9 Å². The first-order valence-electron chi connectivity index (χ1n) is 34.9. The molecular formula is C65H116N6O22S8. The lowest BCUT2D eigenvalue weighted by atomic mass is 10.1. The van der Waals surface area contributed by atoms with Crippen molar-refractivity contribution in [3.8, 4) is 5.75 Å². The number of carboxylic acids is 1. The maximum Gasteiger partial charge on any atom is 0.513 e. The molecule has 0 aliphatic carbocycles. The van der Waals surface area contributed by atoms with E-state index < -0.39 is 23.0 Å². The summed E-state index contributed by atoms with van der Waals surface area (Å²) >= 11 is 0. The Labute approximate surface area is 629 Å². The Kier molecular flexibility index (Phi) is 69.9. The molecule has 36 heteroatoms. The Morgan fingerprint density at radius 1 is 0.446 bits per heavy atom. The minimum absolute atomic E-state index is 0.000142. The number of nitrogens with zero attached hydrogens (tertiary/aromatic N) is 1. The fraction of sp³-hybridized carbons (Fsp3) is 0.815. The van der Waals surface area contributed by atoms with Crippen LogP contribution in [-0.2, 0) is 71.3 Å². The van der Waals surface area contributed by atoms with Gasteiger partial charge < -0.3 is 94.8 Å². The Bertz CT molecular complexity index is 2160. The average molecular weight is 1590 g/mol. The van der Waals surface area contributed by atoms with E-state index in [9.17, 15) is 38.9 Å². The summed E-state index contributed by atoms with van der Waals surface area (Å²) in [7, 11) is 15.8. The maximum atomic E-state index is 11.8. The molecule has 4 atom stereocenters. The third-order valence-corrected chi connectivity index (χ3v) is 25.9. The molecule has 1 aromatic carbocycles. The number of nitrogens with two attached hydrogens (primary N) is 2. The van der Waals surface area contributed by atoms with Crippen LogP contribution in [-0.4, -0.2) is 265 Å². The second-order valence-corrected chi connectivity index (χ2v) is 33.4. The smallest absolute Gasteiger partial charge is 0.481 e. The van der Waals surface area contributed by atoms with Gasteiger partial charge in [-0.15, -0.1) is 0 Å². The Balaban J connectivity index is 0.000000669. The summed E-state index contributed by atoms with van der Waals surface area (Å²) in [6.07, 6.45) is 19.4. The molecule has 1 aromatic rings. The van der Waals surface area contributed by atoms with Crippen molar-refractivity contribution in [1.29, 1.82) is 0 Å². The molecule has 0 aromatic heterocycles. The molecule has 0 radical (unpaired) electrons. The summed E-state index contributed by atoms with van der Waals surface area (Å²) in [6, 6.07) is 5.08. The molecule has 4 unspecified atom stereocenters. The van der Waals surface area contributed by atoms with Gasteiger partial charge in [0.1, 0.15) is 19.0 Å². The van der Waals surface area contributed by atoms with Gasteiger partial charge in [-0.2, -0.15) is 0 Å². The molecule has 0 bridgehead atoms. The quantitative estimate of drug-likeness (QED) is 0.00753. The second kappa shape index (κ2) is 73.1. The molecule has 4 saturated heterocycles. The minimum Gasteiger partial charge on any atom is -0.481 e. The zero-order valence-corrected chi connectivity index (χ0v) is 65.3. The number of hydrogen-bond donors (Lipinski definition) is 8. The van der Waals surface area contributed by atoms with E-state index in [2.05, 4.69) is 16.0 Å². The highest BCUT2D eigenvalue weighted by molar-refractivity contribution is 8.78. The van der Waals surface area contributed by atoms with Crippen LogP contribution in [0.5, 0.6) is 5.75 Å². The van der Waals surface area contributed by atoms with Crippen LogP contribution >= 0.6 is 86.4 Å². The van der Waals surface area contributed by atoms with Crippen molar-refractivity contribution in [3.63, 3.8) is 0 Å². The number of hydrogen-bond acceptors (Lipinski definition) is 31. The molecule has 0 saturated carbocycles. The zero-order chi connectivity index (χ0) is 73.5. The van der Waals surface area contributed by atoms with Gasteiger partial charge in [-0.05, 0) is 89.2 Å². The van der Waals surface area contributed by atoms with E-state index in [1.807, 2.05) is 86.4 Å². The van der Waals surface area contributed by atoms with Crippen LogP contribution < -0.4 is 32.2 Å². The topological polar surface area (TPSA) is 396 Å². The van der Waals surface area contributed by atoms with Gasteiger partial charge in [0.25, 0.3) is 5.69 Å². The number of carbonyl (C=O) groups is 6. The van der Waals surface area contributed by atoms with Crippen LogP contribution in [0, 0.1) is 10.1 Å². The number of ether oxygens (including phenoxy) is 11. The van der Waals surface area contributed by atoms with Crippen LogP contribution in [0.1, 0.15) is 128 Å². The standard InChI is InChI=1S/C21H30N2O8S2.C16H30N2O5S2.C14H27NO4S2.C8H14O2S2.C6H15NO3/c24-20(4-2-1-3-19-9-16-32-33-19)22-10-11-28-12-13-29-14-15-30-21(25)31-18-7-5-17(6-8-18)23(26)27;17-13-16(20)23-11-10-22-9-8-21-7-6-18-15(19)4-2-1-3-14-5-12-24-25-14;16-7-9-19-11-10-18-8-6-15-14(17)4-2-1-3-13-5-12-20-21-13;9-8(10)4-2-1-3-7-5-6-11-12-7;7-1-3-9-5-6-10-4-2-8/h5-8,19H,1-4,9-16H2,(H,22,24);14H,1-13,17H2,(H,18,19);13,16H,1-12H2,(H,15,17);7H,1-6H2,(H,9,10);8H,1-7H2. The number of esters is 1. The summed E-state index contributed by atoms with van der Waals surface area (Å²) in [4.78, 5) is 77.5. The molecule has 4 fully saturated rings. The summed E-state index contributed by atoms with van der Waals surface area (Å²) in [5.74, 6) is 4.37. The molecule has 5 rings (SSSR count). The Morgan fingerprint density at radius 2 is 0.772 bits per heavy atom. The summed E-state index contributed by atoms with van der Waals surface area (Å²) in [5.41, 5.74) is 10.2. The molecular weight excluding hydrogens is 1470 g/mol.